The summed E-state index contributed by atoms with van der Waals surface area (Å²) in [7, 11) is 5.51. The predicted octanol–water partition coefficient (Wildman–Crippen LogP) is 11.3. The molecule has 0 rings (SSSR count). The molecule has 0 amide bonds. The second kappa shape index (κ2) is 35.8. The minimum atomic E-state index is -0.880. The van der Waals surface area contributed by atoms with Crippen molar-refractivity contribution in [2.75, 3.05) is 41.0 Å². The summed E-state index contributed by atoms with van der Waals surface area (Å²) in [6.45, 7) is 4.67. The van der Waals surface area contributed by atoms with Gasteiger partial charge in [-0.05, 0) is 32.1 Å². The fourth-order valence-electron chi connectivity index (χ4n) is 6.26. The molecule has 304 valence electrons. The summed E-state index contributed by atoms with van der Waals surface area (Å²) >= 11 is 0. The Hall–Kier alpha value is -2.19. The van der Waals surface area contributed by atoms with Crippen molar-refractivity contribution in [1.29, 1.82) is 0 Å². The Kier molecular flexibility index (Phi) is 34.3. The number of esters is 2. The van der Waals surface area contributed by atoms with Gasteiger partial charge in [-0.1, -0.05) is 160 Å². The van der Waals surface area contributed by atoms with E-state index in [1.54, 1.807) is 0 Å². The first-order valence-corrected chi connectivity index (χ1v) is 21.4. The highest BCUT2D eigenvalue weighted by Crippen LogP contribution is 2.15. The van der Waals surface area contributed by atoms with E-state index >= 15 is 0 Å². The summed E-state index contributed by atoms with van der Waals surface area (Å²) in [4.78, 5) is 36.8. The molecule has 0 aliphatic heterocycles. The van der Waals surface area contributed by atoms with Gasteiger partial charge in [0, 0.05) is 19.3 Å². The first-order valence-electron chi connectivity index (χ1n) is 21.4. The number of aliphatic carboxylic acids is 1. The van der Waals surface area contributed by atoms with Gasteiger partial charge in [0.2, 0.25) is 0 Å². The Morgan fingerprint density at radius 1 is 0.577 bits per heavy atom. The fraction of sp³-hybridized carbons (Fsp3) is 0.841. The molecule has 0 aromatic rings. The maximum absolute atomic E-state index is 12.7. The lowest BCUT2D eigenvalue weighted by Crippen LogP contribution is -2.50. The van der Waals surface area contributed by atoms with E-state index in [9.17, 15) is 19.5 Å². The molecule has 0 fully saturated rings. The zero-order chi connectivity index (χ0) is 38.5. The quantitative estimate of drug-likeness (QED) is 0.0291. The third kappa shape index (κ3) is 33.6. The largest absolute Gasteiger partial charge is 0.477 e. The van der Waals surface area contributed by atoms with E-state index in [0.29, 0.717) is 19.3 Å². The van der Waals surface area contributed by atoms with E-state index in [0.717, 1.165) is 32.1 Å². The monoisotopic (exact) mass is 737 g/mol. The van der Waals surface area contributed by atoms with Gasteiger partial charge in [-0.25, -0.2) is 4.79 Å². The topological polar surface area (TPSA) is 99.1 Å². The van der Waals surface area contributed by atoms with E-state index in [4.69, 9.17) is 14.2 Å². The van der Waals surface area contributed by atoms with Gasteiger partial charge in [0.15, 0.2) is 12.1 Å². The molecule has 0 saturated heterocycles. The van der Waals surface area contributed by atoms with Crippen molar-refractivity contribution < 1.29 is 38.2 Å². The summed E-state index contributed by atoms with van der Waals surface area (Å²) in [5, 5.41) is 9.60. The van der Waals surface area contributed by atoms with Crippen LogP contribution in [-0.2, 0) is 28.6 Å². The number of ether oxygens (including phenoxy) is 3. The van der Waals surface area contributed by atoms with Crippen molar-refractivity contribution in [3.63, 3.8) is 0 Å². The first kappa shape index (κ1) is 49.8. The molecular formula is C44H82NO7+. The summed E-state index contributed by atoms with van der Waals surface area (Å²) in [6, 6.07) is -0.618. The normalized spacial score (nSPS) is 13.2. The van der Waals surface area contributed by atoms with Crippen molar-refractivity contribution in [3.05, 3.63) is 24.3 Å². The Morgan fingerprint density at radius 3 is 1.56 bits per heavy atom. The Morgan fingerprint density at radius 2 is 1.06 bits per heavy atom. The third-order valence-corrected chi connectivity index (χ3v) is 9.62. The number of carboxylic acid groups (broad SMARTS) is 1. The number of quaternary nitrogens is 1. The van der Waals surface area contributed by atoms with Crippen LogP contribution >= 0.6 is 0 Å². The zero-order valence-electron chi connectivity index (χ0n) is 34.5. The molecule has 2 unspecified atom stereocenters. The molecule has 52 heavy (non-hydrogen) atoms. The molecule has 8 heteroatoms. The molecule has 0 bridgehead atoms. The third-order valence-electron chi connectivity index (χ3n) is 9.62. The number of rotatable bonds is 38. The molecule has 0 spiro atoms. The molecule has 0 aromatic carbocycles. The van der Waals surface area contributed by atoms with Crippen LogP contribution in [0.3, 0.4) is 0 Å². The minimum Gasteiger partial charge on any atom is -0.477 e. The lowest BCUT2D eigenvalue weighted by molar-refractivity contribution is -0.887. The van der Waals surface area contributed by atoms with Crippen molar-refractivity contribution in [2.45, 2.75) is 199 Å². The van der Waals surface area contributed by atoms with Crippen LogP contribution in [0.25, 0.3) is 0 Å². The average molecular weight is 737 g/mol. The van der Waals surface area contributed by atoms with E-state index in [2.05, 4.69) is 32.1 Å². The van der Waals surface area contributed by atoms with Gasteiger partial charge in [-0.2, -0.15) is 0 Å². The average Bonchev–Trinajstić information content (AvgIpc) is 3.09. The number of hydrogen-bond donors (Lipinski definition) is 1. The Bertz CT molecular complexity index is 911. The highest BCUT2D eigenvalue weighted by Gasteiger charge is 2.31. The van der Waals surface area contributed by atoms with Crippen LogP contribution in [0.5, 0.6) is 0 Å². The summed E-state index contributed by atoms with van der Waals surface area (Å²) in [5.74, 6) is -1.54. The predicted molar refractivity (Wildman–Crippen MR) is 215 cm³/mol. The lowest BCUT2D eigenvalue weighted by Gasteiger charge is -2.31. The Labute approximate surface area is 320 Å². The molecule has 2 atom stereocenters. The van der Waals surface area contributed by atoms with Gasteiger partial charge < -0.3 is 23.8 Å². The number of nitrogens with zero attached hydrogens (tertiary/aromatic N) is 1. The Balaban J connectivity index is 4.41. The van der Waals surface area contributed by atoms with E-state index in [1.165, 1.54) is 116 Å². The minimum absolute atomic E-state index is 0.0480. The van der Waals surface area contributed by atoms with Gasteiger partial charge in [0.1, 0.15) is 6.61 Å². The molecule has 0 aliphatic carbocycles. The van der Waals surface area contributed by atoms with Gasteiger partial charge in [-0.3, -0.25) is 9.59 Å². The number of hydrogen-bond acceptors (Lipinski definition) is 6. The smallest absolute Gasteiger partial charge is 0.362 e. The van der Waals surface area contributed by atoms with Crippen LogP contribution in [0.4, 0.5) is 0 Å². The van der Waals surface area contributed by atoms with E-state index < -0.39 is 18.1 Å². The number of allylic oxidation sites excluding steroid dienone is 4. The van der Waals surface area contributed by atoms with E-state index in [-0.39, 0.29) is 42.7 Å². The highest BCUT2D eigenvalue weighted by atomic mass is 16.6. The molecule has 8 nitrogen and oxygen atoms in total. The highest BCUT2D eigenvalue weighted by molar-refractivity contribution is 5.72. The number of carboxylic acids is 1. The second-order valence-electron chi connectivity index (χ2n) is 15.6. The second-order valence-corrected chi connectivity index (χ2v) is 15.6. The molecule has 0 saturated carbocycles. The number of unbranched alkanes of at least 4 members (excludes halogenated alkanes) is 20. The van der Waals surface area contributed by atoms with Crippen molar-refractivity contribution in [1.82, 2.24) is 0 Å². The van der Waals surface area contributed by atoms with Gasteiger partial charge in [0.05, 0.1) is 34.4 Å². The molecule has 0 radical (unpaired) electrons. The first-order chi connectivity index (χ1) is 25.1. The van der Waals surface area contributed by atoms with Crippen molar-refractivity contribution in [3.8, 4) is 0 Å². The number of carbonyl (C=O) groups excluding carboxylic acids is 2. The van der Waals surface area contributed by atoms with Crippen LogP contribution in [0.15, 0.2) is 24.3 Å². The zero-order valence-corrected chi connectivity index (χ0v) is 34.5. The lowest BCUT2D eigenvalue weighted by atomic mass is 10.0. The summed E-state index contributed by atoms with van der Waals surface area (Å²) in [6.07, 6.45) is 38.0. The fourth-order valence-corrected chi connectivity index (χ4v) is 6.26. The van der Waals surface area contributed by atoms with Crippen LogP contribution in [0.2, 0.25) is 0 Å². The standard InChI is InChI=1S/C44H81NO7/c1-6-8-10-12-14-16-18-20-21-23-25-27-29-31-33-35-43(47)52-40(38-50-37-36-41(44(48)49)45(3,4)5)39-51-42(46)34-32-30-28-26-24-22-19-17-15-13-11-9-7-2/h22,24,28,30,40-41H,6-21,23,25-27,29,31-39H2,1-5H3/p+1/b24-22+,30-28+. The molecule has 0 aliphatic rings. The number of carbonyl (C=O) groups is 3. The van der Waals surface area contributed by atoms with Gasteiger partial charge in [-0.15, -0.1) is 0 Å². The molecule has 1 N–H and O–H groups in total. The van der Waals surface area contributed by atoms with Crippen LogP contribution in [-0.4, -0.2) is 80.6 Å². The molecule has 0 heterocycles. The van der Waals surface area contributed by atoms with Crippen molar-refractivity contribution >= 4 is 17.9 Å². The van der Waals surface area contributed by atoms with Gasteiger partial charge in [0.25, 0.3) is 0 Å². The van der Waals surface area contributed by atoms with Crippen LogP contribution in [0, 0.1) is 0 Å². The van der Waals surface area contributed by atoms with Crippen LogP contribution < -0.4 is 0 Å². The van der Waals surface area contributed by atoms with E-state index in [1.807, 2.05) is 27.2 Å². The molecule has 0 aromatic heterocycles. The maximum atomic E-state index is 12.7. The van der Waals surface area contributed by atoms with Crippen LogP contribution in [0.1, 0.15) is 187 Å². The SMILES string of the molecule is CCCCCCCC/C=C/C/C=C/CCC(=O)OCC(COCCC(C(=O)O)[N+](C)(C)C)OC(=O)CCCCCCCCCCCCCCCCC. The number of likely N-dealkylation sites (N-methyl/N-ethyl adjacent to an activating group) is 1. The summed E-state index contributed by atoms with van der Waals surface area (Å²) in [5.41, 5.74) is 0. The van der Waals surface area contributed by atoms with Crippen molar-refractivity contribution in [2.24, 2.45) is 0 Å². The molecular weight excluding hydrogens is 654 g/mol. The maximum Gasteiger partial charge on any atom is 0.362 e. The van der Waals surface area contributed by atoms with Gasteiger partial charge >= 0.3 is 17.9 Å². The summed E-state index contributed by atoms with van der Waals surface area (Å²) < 4.78 is 17.2.